The van der Waals surface area contributed by atoms with Crippen LogP contribution in [0.1, 0.15) is 19.4 Å². The van der Waals surface area contributed by atoms with Crippen molar-refractivity contribution < 1.29 is 18.0 Å². The Hall–Kier alpha value is -1.04. The zero-order valence-corrected chi connectivity index (χ0v) is 9.52. The van der Waals surface area contributed by atoms with Crippen LogP contribution in [0.3, 0.4) is 0 Å². The first-order valence-corrected chi connectivity index (χ1v) is 5.39. The summed E-state index contributed by atoms with van der Waals surface area (Å²) < 4.78 is 36.6. The number of ketones is 1. The molecule has 1 rings (SSSR count). The first-order chi connectivity index (χ1) is 7.30. The first-order valence-electron chi connectivity index (χ1n) is 4.51. The zero-order valence-electron chi connectivity index (χ0n) is 8.71. The van der Waals surface area contributed by atoms with Gasteiger partial charge in [0, 0.05) is 6.20 Å². The molecule has 0 fully saturated rings. The number of aromatic nitrogens is 1. The molecule has 2 nitrogen and oxygen atoms in total. The van der Waals surface area contributed by atoms with E-state index in [1.54, 1.807) is 6.92 Å². The number of carbonyl (C=O) groups is 1. The minimum absolute atomic E-state index is 0.0355. The molecule has 0 saturated carbocycles. The van der Waals surface area contributed by atoms with Crippen LogP contribution in [0.25, 0.3) is 0 Å². The topological polar surface area (TPSA) is 30.0 Å². The minimum atomic E-state index is -4.37. The van der Waals surface area contributed by atoms with Crippen LogP contribution in [-0.2, 0) is 11.0 Å². The van der Waals surface area contributed by atoms with E-state index in [4.69, 9.17) is 0 Å². The van der Waals surface area contributed by atoms with Gasteiger partial charge in [0.15, 0.2) is 0 Å². The summed E-state index contributed by atoms with van der Waals surface area (Å²) in [4.78, 5) is 14.6. The van der Waals surface area contributed by atoms with Gasteiger partial charge >= 0.3 is 6.18 Å². The molecule has 1 unspecified atom stereocenters. The molecule has 88 valence electrons. The number of rotatable bonds is 3. The summed E-state index contributed by atoms with van der Waals surface area (Å²) in [5.74, 6) is -0.0355. The van der Waals surface area contributed by atoms with E-state index in [0.29, 0.717) is 5.03 Å². The molecule has 0 aliphatic heterocycles. The second-order valence-corrected chi connectivity index (χ2v) is 4.61. The van der Waals surface area contributed by atoms with E-state index in [-0.39, 0.29) is 11.0 Å². The van der Waals surface area contributed by atoms with Crippen molar-refractivity contribution in [1.29, 1.82) is 0 Å². The molecule has 0 saturated heterocycles. The van der Waals surface area contributed by atoms with Crippen molar-refractivity contribution in [3.05, 3.63) is 23.9 Å². The van der Waals surface area contributed by atoms with E-state index in [1.807, 2.05) is 0 Å². The average Bonchev–Trinajstić information content (AvgIpc) is 2.17. The van der Waals surface area contributed by atoms with Gasteiger partial charge in [-0.15, -0.1) is 0 Å². The van der Waals surface area contributed by atoms with E-state index in [1.165, 1.54) is 13.0 Å². The third kappa shape index (κ3) is 3.52. The monoisotopic (exact) mass is 249 g/mol. The Morgan fingerprint density at radius 1 is 1.44 bits per heavy atom. The van der Waals surface area contributed by atoms with Gasteiger partial charge in [0.2, 0.25) is 0 Å². The Balaban J connectivity index is 2.76. The Kier molecular flexibility index (Phi) is 3.96. The van der Waals surface area contributed by atoms with Crippen LogP contribution in [0.15, 0.2) is 23.4 Å². The smallest absolute Gasteiger partial charge is 0.299 e. The fourth-order valence-corrected chi connectivity index (χ4v) is 1.67. The van der Waals surface area contributed by atoms with Gasteiger partial charge in [-0.1, -0.05) is 11.8 Å². The SMILES string of the molecule is CC(=O)C(C)Sc1ccc(C(F)(F)F)cn1. The number of nitrogens with zero attached hydrogens (tertiary/aromatic N) is 1. The molecule has 1 heterocycles. The van der Waals surface area contributed by atoms with Gasteiger partial charge in [-0.05, 0) is 26.0 Å². The highest BCUT2D eigenvalue weighted by atomic mass is 32.2. The lowest BCUT2D eigenvalue weighted by Gasteiger charge is -2.08. The van der Waals surface area contributed by atoms with Crippen LogP contribution in [0.4, 0.5) is 13.2 Å². The van der Waals surface area contributed by atoms with E-state index < -0.39 is 11.7 Å². The van der Waals surface area contributed by atoms with Crippen LogP contribution in [0, 0.1) is 0 Å². The van der Waals surface area contributed by atoms with Crippen molar-refractivity contribution in [2.75, 3.05) is 0 Å². The van der Waals surface area contributed by atoms with Gasteiger partial charge in [-0.3, -0.25) is 4.79 Å². The van der Waals surface area contributed by atoms with Crippen LogP contribution >= 0.6 is 11.8 Å². The van der Waals surface area contributed by atoms with E-state index >= 15 is 0 Å². The zero-order chi connectivity index (χ0) is 12.3. The van der Waals surface area contributed by atoms with Crippen molar-refractivity contribution in [3.63, 3.8) is 0 Å². The highest BCUT2D eigenvalue weighted by molar-refractivity contribution is 8.00. The molecule has 1 aromatic rings. The first kappa shape index (κ1) is 13.0. The summed E-state index contributed by atoms with van der Waals surface area (Å²) in [6, 6.07) is 2.23. The lowest BCUT2D eigenvalue weighted by atomic mass is 10.3. The van der Waals surface area contributed by atoms with Crippen LogP contribution in [0.5, 0.6) is 0 Å². The van der Waals surface area contributed by atoms with Crippen molar-refractivity contribution in [1.82, 2.24) is 4.98 Å². The van der Waals surface area contributed by atoms with E-state index in [0.717, 1.165) is 24.0 Å². The number of Topliss-reactive ketones (excluding diaryl/α,β-unsaturated/α-hetero) is 1. The van der Waals surface area contributed by atoms with Gasteiger partial charge in [0.1, 0.15) is 5.78 Å². The molecular formula is C10H10F3NOS. The summed E-state index contributed by atoms with van der Waals surface area (Å²) in [7, 11) is 0. The molecule has 0 radical (unpaired) electrons. The molecular weight excluding hydrogens is 239 g/mol. The molecule has 0 N–H and O–H groups in total. The number of alkyl halides is 3. The molecule has 16 heavy (non-hydrogen) atoms. The quantitative estimate of drug-likeness (QED) is 0.771. The molecule has 1 atom stereocenters. The second-order valence-electron chi connectivity index (χ2n) is 3.25. The summed E-state index contributed by atoms with van der Waals surface area (Å²) in [5, 5.41) is 0.111. The van der Waals surface area contributed by atoms with E-state index in [2.05, 4.69) is 4.98 Å². The predicted octanol–water partition coefficient (Wildman–Crippen LogP) is 3.17. The predicted molar refractivity (Wildman–Crippen MR) is 55.2 cm³/mol. The number of carbonyl (C=O) groups excluding carboxylic acids is 1. The lowest BCUT2D eigenvalue weighted by Crippen LogP contribution is -2.09. The third-order valence-corrected chi connectivity index (χ3v) is 3.10. The summed E-state index contributed by atoms with van der Waals surface area (Å²) in [5.41, 5.74) is -0.785. The molecule has 0 spiro atoms. The highest BCUT2D eigenvalue weighted by Crippen LogP contribution is 2.30. The Bertz CT molecular complexity index is 375. The van der Waals surface area contributed by atoms with Crippen LogP contribution in [-0.4, -0.2) is 16.0 Å². The number of halogens is 3. The van der Waals surface area contributed by atoms with Gasteiger partial charge < -0.3 is 0 Å². The van der Waals surface area contributed by atoms with E-state index in [9.17, 15) is 18.0 Å². The molecule has 0 aromatic carbocycles. The van der Waals surface area contributed by atoms with Crippen LogP contribution in [0.2, 0.25) is 0 Å². The Labute approximate surface area is 95.3 Å². The Morgan fingerprint density at radius 3 is 2.44 bits per heavy atom. The highest BCUT2D eigenvalue weighted by Gasteiger charge is 2.30. The lowest BCUT2D eigenvalue weighted by molar-refractivity contribution is -0.137. The fourth-order valence-electron chi connectivity index (χ4n) is 0.882. The van der Waals surface area contributed by atoms with Crippen molar-refractivity contribution in [2.24, 2.45) is 0 Å². The third-order valence-electron chi connectivity index (χ3n) is 1.93. The summed E-state index contributed by atoms with van der Waals surface area (Å²) in [6.45, 7) is 3.12. The molecule has 1 aromatic heterocycles. The molecule has 0 bridgehead atoms. The van der Waals surface area contributed by atoms with Gasteiger partial charge in [0.05, 0.1) is 15.8 Å². The summed E-state index contributed by atoms with van der Waals surface area (Å²) in [6.07, 6.45) is -3.60. The maximum Gasteiger partial charge on any atom is 0.417 e. The molecule has 6 heteroatoms. The molecule has 0 aliphatic rings. The van der Waals surface area contributed by atoms with Crippen molar-refractivity contribution in [2.45, 2.75) is 30.3 Å². The van der Waals surface area contributed by atoms with Crippen molar-refractivity contribution in [3.8, 4) is 0 Å². The number of thioether (sulfide) groups is 1. The average molecular weight is 249 g/mol. The van der Waals surface area contributed by atoms with Gasteiger partial charge in [0.25, 0.3) is 0 Å². The minimum Gasteiger partial charge on any atom is -0.299 e. The maximum absolute atomic E-state index is 12.2. The largest absolute Gasteiger partial charge is 0.417 e. The maximum atomic E-state index is 12.2. The second kappa shape index (κ2) is 4.86. The van der Waals surface area contributed by atoms with Gasteiger partial charge in [-0.2, -0.15) is 13.2 Å². The normalized spacial score (nSPS) is 13.6. The number of hydrogen-bond donors (Lipinski definition) is 0. The standard InChI is InChI=1S/C10H10F3NOS/c1-6(15)7(2)16-9-4-3-8(5-14-9)10(11,12)13/h3-5,7H,1-2H3. The van der Waals surface area contributed by atoms with Gasteiger partial charge in [-0.25, -0.2) is 4.98 Å². The molecule has 0 amide bonds. The number of hydrogen-bond acceptors (Lipinski definition) is 3. The fraction of sp³-hybridized carbons (Fsp3) is 0.400. The van der Waals surface area contributed by atoms with Crippen molar-refractivity contribution >= 4 is 17.5 Å². The number of pyridine rings is 1. The summed E-state index contributed by atoms with van der Waals surface area (Å²) >= 11 is 1.14. The molecule has 0 aliphatic carbocycles. The van der Waals surface area contributed by atoms with Crippen LogP contribution < -0.4 is 0 Å². The Morgan fingerprint density at radius 2 is 2.06 bits per heavy atom.